The van der Waals surface area contributed by atoms with Crippen LogP contribution in [0.4, 0.5) is 10.2 Å². The van der Waals surface area contributed by atoms with Crippen LogP contribution in [0.1, 0.15) is 0 Å². The van der Waals surface area contributed by atoms with Gasteiger partial charge in [0.15, 0.2) is 0 Å². The predicted octanol–water partition coefficient (Wildman–Crippen LogP) is 2.32. The zero-order valence-corrected chi connectivity index (χ0v) is 9.91. The van der Waals surface area contributed by atoms with Crippen molar-refractivity contribution in [2.45, 2.75) is 0 Å². The number of pyridine rings is 1. The lowest BCUT2D eigenvalue weighted by atomic mass is 10.2. The van der Waals surface area contributed by atoms with Crippen LogP contribution in [0.5, 0.6) is 0 Å². The number of rotatable bonds is 2. The molecule has 5 nitrogen and oxygen atoms in total. The summed E-state index contributed by atoms with van der Waals surface area (Å²) >= 11 is 1.42. The highest BCUT2D eigenvalue weighted by molar-refractivity contribution is 7.13. The van der Waals surface area contributed by atoms with Crippen LogP contribution in [-0.2, 0) is 0 Å². The molecular weight excluding hydrogens is 253 g/mol. The van der Waals surface area contributed by atoms with Crippen molar-refractivity contribution in [2.75, 3.05) is 5.73 Å². The Bertz CT molecular complexity index is 690. The van der Waals surface area contributed by atoms with Gasteiger partial charge >= 0.3 is 0 Å². The molecule has 0 aliphatic heterocycles. The van der Waals surface area contributed by atoms with Crippen LogP contribution in [0.15, 0.2) is 30.0 Å². The van der Waals surface area contributed by atoms with Crippen molar-refractivity contribution in [3.8, 4) is 21.8 Å². The van der Waals surface area contributed by atoms with E-state index in [2.05, 4.69) is 20.2 Å². The summed E-state index contributed by atoms with van der Waals surface area (Å²) in [6.07, 6.45) is 4.34. The Labute approximate surface area is 106 Å². The SMILES string of the molecule is Nc1[nH]ncc1-c1nc(-c2cncc(F)c2)cs1. The Morgan fingerprint density at radius 1 is 1.28 bits per heavy atom. The number of nitrogens with one attached hydrogen (secondary N) is 1. The molecule has 0 bridgehead atoms. The van der Waals surface area contributed by atoms with Crippen LogP contribution >= 0.6 is 11.3 Å². The molecule has 3 aromatic rings. The van der Waals surface area contributed by atoms with E-state index < -0.39 is 0 Å². The Morgan fingerprint density at radius 3 is 2.89 bits per heavy atom. The van der Waals surface area contributed by atoms with Gasteiger partial charge in [0, 0.05) is 17.1 Å². The molecule has 0 saturated carbocycles. The lowest BCUT2D eigenvalue weighted by Gasteiger charge is -1.95. The summed E-state index contributed by atoms with van der Waals surface area (Å²) in [6.45, 7) is 0. The molecule has 0 saturated heterocycles. The number of thiazole rings is 1. The quantitative estimate of drug-likeness (QED) is 0.741. The van der Waals surface area contributed by atoms with Gasteiger partial charge in [0.1, 0.15) is 16.6 Å². The molecule has 0 fully saturated rings. The molecule has 0 aromatic carbocycles. The normalized spacial score (nSPS) is 10.7. The number of aromatic amines is 1. The number of hydrogen-bond acceptors (Lipinski definition) is 5. The number of anilines is 1. The van der Waals surface area contributed by atoms with E-state index in [0.29, 0.717) is 17.1 Å². The standard InChI is InChI=1S/C11H8FN5S/c12-7-1-6(2-14-3-7)9-5-18-11(16-9)8-4-15-17-10(8)13/h1-5H,(H3,13,15,17). The molecule has 3 heterocycles. The van der Waals surface area contributed by atoms with Crippen molar-refractivity contribution in [3.63, 3.8) is 0 Å². The summed E-state index contributed by atoms with van der Waals surface area (Å²) in [5.41, 5.74) is 7.77. The molecule has 0 amide bonds. The average Bonchev–Trinajstić information content (AvgIpc) is 2.97. The Hall–Kier alpha value is -2.28. The monoisotopic (exact) mass is 261 g/mol. The van der Waals surface area contributed by atoms with Crippen LogP contribution in [0.2, 0.25) is 0 Å². The second-order valence-electron chi connectivity index (χ2n) is 3.63. The molecular formula is C11H8FN5S. The minimum atomic E-state index is -0.384. The number of halogens is 1. The lowest BCUT2D eigenvalue weighted by molar-refractivity contribution is 0.622. The van der Waals surface area contributed by atoms with Gasteiger partial charge in [0.2, 0.25) is 0 Å². The average molecular weight is 261 g/mol. The van der Waals surface area contributed by atoms with Gasteiger partial charge in [-0.05, 0) is 6.07 Å². The second-order valence-corrected chi connectivity index (χ2v) is 4.49. The zero-order valence-electron chi connectivity index (χ0n) is 9.09. The van der Waals surface area contributed by atoms with Gasteiger partial charge in [-0.15, -0.1) is 11.3 Å². The van der Waals surface area contributed by atoms with Crippen molar-refractivity contribution in [3.05, 3.63) is 35.9 Å². The largest absolute Gasteiger partial charge is 0.383 e. The molecule has 18 heavy (non-hydrogen) atoms. The van der Waals surface area contributed by atoms with Gasteiger partial charge in [-0.25, -0.2) is 9.37 Å². The minimum Gasteiger partial charge on any atom is -0.383 e. The van der Waals surface area contributed by atoms with Gasteiger partial charge < -0.3 is 5.73 Å². The van der Waals surface area contributed by atoms with Gasteiger partial charge in [-0.2, -0.15) is 5.10 Å². The summed E-state index contributed by atoms with van der Waals surface area (Å²) in [5.74, 6) is 0.0816. The van der Waals surface area contributed by atoms with E-state index in [0.717, 1.165) is 16.8 Å². The highest BCUT2D eigenvalue weighted by Crippen LogP contribution is 2.30. The highest BCUT2D eigenvalue weighted by atomic mass is 32.1. The molecule has 3 rings (SSSR count). The van der Waals surface area contributed by atoms with Crippen molar-refractivity contribution in [1.29, 1.82) is 0 Å². The number of nitrogens with two attached hydrogens (primary N) is 1. The molecule has 3 N–H and O–H groups in total. The van der Waals surface area contributed by atoms with Crippen molar-refractivity contribution in [2.24, 2.45) is 0 Å². The summed E-state index contributed by atoms with van der Waals surface area (Å²) in [6, 6.07) is 1.39. The maximum absolute atomic E-state index is 13.1. The first-order valence-electron chi connectivity index (χ1n) is 5.09. The molecule has 3 aromatic heterocycles. The first kappa shape index (κ1) is 10.8. The highest BCUT2D eigenvalue weighted by Gasteiger charge is 2.11. The van der Waals surface area contributed by atoms with Crippen LogP contribution in [0.3, 0.4) is 0 Å². The summed E-state index contributed by atoms with van der Waals surface area (Å²) < 4.78 is 13.1. The van der Waals surface area contributed by atoms with E-state index in [4.69, 9.17) is 5.73 Å². The maximum atomic E-state index is 13.1. The van der Waals surface area contributed by atoms with Crippen molar-refractivity contribution >= 4 is 17.2 Å². The van der Waals surface area contributed by atoms with Crippen molar-refractivity contribution in [1.82, 2.24) is 20.2 Å². The van der Waals surface area contributed by atoms with Gasteiger partial charge in [0.05, 0.1) is 23.7 Å². The fourth-order valence-corrected chi connectivity index (χ4v) is 2.40. The molecule has 0 aliphatic rings. The molecule has 90 valence electrons. The molecule has 0 unspecified atom stereocenters. The molecule has 0 radical (unpaired) electrons. The molecule has 0 spiro atoms. The summed E-state index contributed by atoms with van der Waals surface area (Å²) in [5, 5.41) is 9.05. The fraction of sp³-hybridized carbons (Fsp3) is 0. The molecule has 0 aliphatic carbocycles. The van der Waals surface area contributed by atoms with Crippen LogP contribution in [0.25, 0.3) is 21.8 Å². The third-order valence-electron chi connectivity index (χ3n) is 2.40. The number of H-pyrrole nitrogens is 1. The lowest BCUT2D eigenvalue weighted by Crippen LogP contribution is -1.87. The maximum Gasteiger partial charge on any atom is 0.142 e. The third kappa shape index (κ3) is 1.84. The Balaban J connectivity index is 2.02. The second kappa shape index (κ2) is 4.19. The Kier molecular flexibility index (Phi) is 2.52. The predicted molar refractivity (Wildman–Crippen MR) is 67.3 cm³/mol. The summed E-state index contributed by atoms with van der Waals surface area (Å²) in [4.78, 5) is 8.19. The smallest absolute Gasteiger partial charge is 0.142 e. The molecule has 7 heteroatoms. The first-order valence-corrected chi connectivity index (χ1v) is 5.97. The Morgan fingerprint density at radius 2 is 2.17 bits per heavy atom. The van der Waals surface area contributed by atoms with E-state index in [-0.39, 0.29) is 5.82 Å². The number of nitrogens with zero attached hydrogens (tertiary/aromatic N) is 3. The van der Waals surface area contributed by atoms with Gasteiger partial charge in [-0.1, -0.05) is 0 Å². The van der Waals surface area contributed by atoms with Crippen LogP contribution in [-0.4, -0.2) is 20.2 Å². The van der Waals surface area contributed by atoms with E-state index in [1.54, 1.807) is 12.4 Å². The van der Waals surface area contributed by atoms with Gasteiger partial charge in [0.25, 0.3) is 0 Å². The third-order valence-corrected chi connectivity index (χ3v) is 3.28. The van der Waals surface area contributed by atoms with Crippen LogP contribution in [0, 0.1) is 5.82 Å². The van der Waals surface area contributed by atoms with E-state index in [1.807, 2.05) is 5.38 Å². The minimum absolute atomic E-state index is 0.384. The number of aromatic nitrogens is 4. The fourth-order valence-electron chi connectivity index (χ4n) is 1.55. The van der Waals surface area contributed by atoms with Crippen LogP contribution < -0.4 is 5.73 Å². The molecule has 0 atom stereocenters. The van der Waals surface area contributed by atoms with E-state index in [1.165, 1.54) is 17.4 Å². The van der Waals surface area contributed by atoms with Crippen molar-refractivity contribution < 1.29 is 4.39 Å². The summed E-state index contributed by atoms with van der Waals surface area (Å²) in [7, 11) is 0. The van der Waals surface area contributed by atoms with Gasteiger partial charge in [-0.3, -0.25) is 10.1 Å². The van der Waals surface area contributed by atoms with E-state index >= 15 is 0 Å². The zero-order chi connectivity index (χ0) is 12.5. The first-order chi connectivity index (χ1) is 8.74. The van der Waals surface area contributed by atoms with E-state index in [9.17, 15) is 4.39 Å². The topological polar surface area (TPSA) is 80.5 Å². The number of nitrogen functional groups attached to an aromatic ring is 1. The number of hydrogen-bond donors (Lipinski definition) is 2.